The molecule has 0 saturated carbocycles. The molecule has 0 aliphatic rings. The molecule has 0 bridgehead atoms. The second kappa shape index (κ2) is 7.00. The second-order valence-electron chi connectivity index (χ2n) is 4.51. The van der Waals surface area contributed by atoms with Crippen LogP contribution in [-0.2, 0) is 6.54 Å². The maximum Gasteiger partial charge on any atom is 0.274 e. The molecule has 5 nitrogen and oxygen atoms in total. The van der Waals surface area contributed by atoms with E-state index < -0.39 is 0 Å². The lowest BCUT2D eigenvalue weighted by Gasteiger charge is -2.16. The molecule has 0 atom stereocenters. The third-order valence-electron chi connectivity index (χ3n) is 2.76. The monoisotopic (exact) mass is 290 g/mol. The van der Waals surface area contributed by atoms with E-state index in [1.807, 2.05) is 16.8 Å². The highest BCUT2D eigenvalue weighted by Gasteiger charge is 2.14. The van der Waals surface area contributed by atoms with Gasteiger partial charge in [-0.05, 0) is 28.8 Å². The van der Waals surface area contributed by atoms with Crippen LogP contribution >= 0.6 is 11.3 Å². The fourth-order valence-electron chi connectivity index (χ4n) is 1.73. The minimum atomic E-state index is -0.121. The Morgan fingerprint density at radius 3 is 3.00 bits per heavy atom. The van der Waals surface area contributed by atoms with E-state index in [4.69, 9.17) is 0 Å². The standard InChI is InChI=1S/C14H18N4OS/c1-3-5-16-13-8-15-7-12(17-13)14(19)18(2)9-11-4-6-20-10-11/h4,6-8,10H,3,5,9H2,1-2H3,(H,16,17). The average molecular weight is 290 g/mol. The number of rotatable bonds is 6. The largest absolute Gasteiger partial charge is 0.369 e. The molecular formula is C14H18N4OS. The average Bonchev–Trinajstić information content (AvgIpc) is 2.97. The maximum absolute atomic E-state index is 12.3. The van der Waals surface area contributed by atoms with Gasteiger partial charge < -0.3 is 10.2 Å². The summed E-state index contributed by atoms with van der Waals surface area (Å²) in [6.45, 7) is 3.47. The number of carbonyl (C=O) groups excluding carboxylic acids is 1. The van der Waals surface area contributed by atoms with E-state index in [-0.39, 0.29) is 5.91 Å². The molecule has 0 radical (unpaired) electrons. The molecule has 0 fully saturated rings. The first-order chi connectivity index (χ1) is 9.70. The molecule has 0 spiro atoms. The number of aromatic nitrogens is 2. The first-order valence-corrected chi connectivity index (χ1v) is 7.47. The number of hydrogen-bond donors (Lipinski definition) is 1. The van der Waals surface area contributed by atoms with Gasteiger partial charge in [-0.2, -0.15) is 11.3 Å². The Morgan fingerprint density at radius 2 is 2.30 bits per heavy atom. The predicted octanol–water partition coefficient (Wildman–Crippen LogP) is 2.63. The van der Waals surface area contributed by atoms with E-state index in [9.17, 15) is 4.79 Å². The van der Waals surface area contributed by atoms with Gasteiger partial charge in [-0.1, -0.05) is 6.92 Å². The van der Waals surface area contributed by atoms with Crippen molar-refractivity contribution >= 4 is 23.1 Å². The van der Waals surface area contributed by atoms with E-state index in [0.717, 1.165) is 18.5 Å². The van der Waals surface area contributed by atoms with Crippen LogP contribution in [0.15, 0.2) is 29.2 Å². The predicted molar refractivity (Wildman–Crippen MR) is 80.9 cm³/mol. The fraction of sp³-hybridized carbons (Fsp3) is 0.357. The highest BCUT2D eigenvalue weighted by molar-refractivity contribution is 7.07. The minimum Gasteiger partial charge on any atom is -0.369 e. The maximum atomic E-state index is 12.3. The molecule has 6 heteroatoms. The molecule has 2 aromatic heterocycles. The van der Waals surface area contributed by atoms with Crippen molar-refractivity contribution in [2.75, 3.05) is 18.9 Å². The minimum absolute atomic E-state index is 0.121. The lowest BCUT2D eigenvalue weighted by molar-refractivity contribution is 0.0779. The topological polar surface area (TPSA) is 58.1 Å². The number of nitrogens with one attached hydrogen (secondary N) is 1. The van der Waals surface area contributed by atoms with Crippen LogP contribution in [-0.4, -0.2) is 34.4 Å². The van der Waals surface area contributed by atoms with Crippen LogP contribution in [0.2, 0.25) is 0 Å². The Kier molecular flexibility index (Phi) is 5.06. The van der Waals surface area contributed by atoms with Crippen LogP contribution in [0.5, 0.6) is 0 Å². The molecule has 1 N–H and O–H groups in total. The Morgan fingerprint density at radius 1 is 1.45 bits per heavy atom. The molecule has 2 rings (SSSR count). The molecule has 2 heterocycles. The lowest BCUT2D eigenvalue weighted by atomic mass is 10.3. The normalized spacial score (nSPS) is 10.3. The zero-order chi connectivity index (χ0) is 14.4. The van der Waals surface area contributed by atoms with Gasteiger partial charge in [-0.15, -0.1) is 0 Å². The van der Waals surface area contributed by atoms with Crippen LogP contribution in [0, 0.1) is 0 Å². The molecule has 1 amide bonds. The number of hydrogen-bond acceptors (Lipinski definition) is 5. The molecule has 106 valence electrons. The summed E-state index contributed by atoms with van der Waals surface area (Å²) in [5, 5.41) is 7.17. The van der Waals surface area contributed by atoms with Crippen molar-refractivity contribution in [3.63, 3.8) is 0 Å². The summed E-state index contributed by atoms with van der Waals surface area (Å²) in [6.07, 6.45) is 4.13. The Labute approximate surface area is 122 Å². The van der Waals surface area contributed by atoms with Crippen molar-refractivity contribution in [3.05, 3.63) is 40.5 Å². The number of carbonyl (C=O) groups is 1. The highest BCUT2D eigenvalue weighted by Crippen LogP contribution is 2.11. The first kappa shape index (κ1) is 14.5. The van der Waals surface area contributed by atoms with E-state index in [1.54, 1.807) is 29.5 Å². The van der Waals surface area contributed by atoms with Crippen molar-refractivity contribution in [3.8, 4) is 0 Å². The van der Waals surface area contributed by atoms with Crippen molar-refractivity contribution in [1.29, 1.82) is 0 Å². The summed E-state index contributed by atoms with van der Waals surface area (Å²) in [6, 6.07) is 2.01. The SMILES string of the molecule is CCCNc1cncc(C(=O)N(C)Cc2ccsc2)n1. The Hall–Kier alpha value is -1.95. The number of amides is 1. The summed E-state index contributed by atoms with van der Waals surface area (Å²) < 4.78 is 0. The van der Waals surface area contributed by atoms with Crippen LogP contribution < -0.4 is 5.32 Å². The fourth-order valence-corrected chi connectivity index (χ4v) is 2.39. The van der Waals surface area contributed by atoms with Crippen molar-refractivity contribution in [2.45, 2.75) is 19.9 Å². The molecule has 0 saturated heterocycles. The van der Waals surface area contributed by atoms with Gasteiger partial charge in [0.25, 0.3) is 5.91 Å². The van der Waals surface area contributed by atoms with Gasteiger partial charge in [-0.3, -0.25) is 9.78 Å². The third kappa shape index (κ3) is 3.77. The molecular weight excluding hydrogens is 272 g/mol. The number of thiophene rings is 1. The number of nitrogens with zero attached hydrogens (tertiary/aromatic N) is 3. The molecule has 20 heavy (non-hydrogen) atoms. The second-order valence-corrected chi connectivity index (χ2v) is 5.29. The van der Waals surface area contributed by atoms with Gasteiger partial charge in [0.05, 0.1) is 12.4 Å². The Balaban J connectivity index is 2.04. The van der Waals surface area contributed by atoms with Crippen LogP contribution in [0.3, 0.4) is 0 Å². The van der Waals surface area contributed by atoms with Crippen molar-refractivity contribution < 1.29 is 4.79 Å². The Bertz CT molecular complexity index is 556. The zero-order valence-electron chi connectivity index (χ0n) is 11.7. The van der Waals surface area contributed by atoms with Gasteiger partial charge in [0.2, 0.25) is 0 Å². The van der Waals surface area contributed by atoms with Crippen LogP contribution in [0.1, 0.15) is 29.4 Å². The molecule has 0 aromatic carbocycles. The van der Waals surface area contributed by atoms with Gasteiger partial charge in [-0.25, -0.2) is 4.98 Å². The van der Waals surface area contributed by atoms with E-state index in [2.05, 4.69) is 22.2 Å². The highest BCUT2D eigenvalue weighted by atomic mass is 32.1. The number of anilines is 1. The van der Waals surface area contributed by atoms with E-state index in [0.29, 0.717) is 18.1 Å². The first-order valence-electron chi connectivity index (χ1n) is 6.53. The summed E-state index contributed by atoms with van der Waals surface area (Å²) in [5.41, 5.74) is 1.49. The summed E-state index contributed by atoms with van der Waals surface area (Å²) in [4.78, 5) is 22.3. The van der Waals surface area contributed by atoms with Gasteiger partial charge >= 0.3 is 0 Å². The van der Waals surface area contributed by atoms with E-state index >= 15 is 0 Å². The van der Waals surface area contributed by atoms with Crippen LogP contribution in [0.25, 0.3) is 0 Å². The van der Waals surface area contributed by atoms with E-state index in [1.165, 1.54) is 6.20 Å². The zero-order valence-corrected chi connectivity index (χ0v) is 12.5. The smallest absolute Gasteiger partial charge is 0.274 e. The van der Waals surface area contributed by atoms with Crippen molar-refractivity contribution in [1.82, 2.24) is 14.9 Å². The lowest BCUT2D eigenvalue weighted by Crippen LogP contribution is -2.27. The van der Waals surface area contributed by atoms with Gasteiger partial charge in [0, 0.05) is 20.1 Å². The molecule has 2 aromatic rings. The summed E-state index contributed by atoms with van der Waals surface area (Å²) in [7, 11) is 1.77. The van der Waals surface area contributed by atoms with Gasteiger partial charge in [0.15, 0.2) is 0 Å². The third-order valence-corrected chi connectivity index (χ3v) is 3.49. The molecule has 0 aliphatic heterocycles. The molecule has 0 aliphatic carbocycles. The summed E-state index contributed by atoms with van der Waals surface area (Å²) in [5.74, 6) is 0.519. The van der Waals surface area contributed by atoms with Crippen molar-refractivity contribution in [2.24, 2.45) is 0 Å². The van der Waals surface area contributed by atoms with Gasteiger partial charge in [0.1, 0.15) is 11.5 Å². The van der Waals surface area contributed by atoms with Crippen LogP contribution in [0.4, 0.5) is 5.82 Å². The quantitative estimate of drug-likeness (QED) is 0.888. The molecule has 0 unspecified atom stereocenters. The summed E-state index contributed by atoms with van der Waals surface area (Å²) >= 11 is 1.62.